The number of anilines is 1. The van der Waals surface area contributed by atoms with Crippen molar-refractivity contribution in [1.29, 1.82) is 0 Å². The molecule has 100 valence electrons. The number of fused-ring (bicyclic) bond motifs is 1. The number of carboxylic acid groups (broad SMARTS) is 1. The number of nitrogens with one attached hydrogen (secondary N) is 1. The van der Waals surface area contributed by atoms with Crippen LogP contribution in [0.4, 0.5) is 5.82 Å². The third kappa shape index (κ3) is 2.48. The number of aromatic nitrogens is 1. The third-order valence-electron chi connectivity index (χ3n) is 2.97. The lowest BCUT2D eigenvalue weighted by atomic mass is 10.2. The number of carbonyl (C=O) groups is 1. The van der Waals surface area contributed by atoms with Crippen molar-refractivity contribution >= 4 is 34.0 Å². The van der Waals surface area contributed by atoms with E-state index in [0.29, 0.717) is 5.82 Å². The number of hydrogen-bond acceptors (Lipinski definition) is 4. The molecule has 0 aliphatic carbocycles. The highest BCUT2D eigenvalue weighted by Crippen LogP contribution is 2.24. The molecule has 0 amide bonds. The van der Waals surface area contributed by atoms with Crippen molar-refractivity contribution in [2.75, 3.05) is 5.32 Å². The van der Waals surface area contributed by atoms with Crippen molar-refractivity contribution in [2.45, 2.75) is 6.04 Å². The molecule has 0 fully saturated rings. The first-order valence-electron chi connectivity index (χ1n) is 6.12. The summed E-state index contributed by atoms with van der Waals surface area (Å²) in [6, 6.07) is 14.3. The van der Waals surface area contributed by atoms with E-state index in [9.17, 15) is 9.90 Å². The van der Waals surface area contributed by atoms with Crippen LogP contribution in [0, 0.1) is 0 Å². The van der Waals surface area contributed by atoms with Crippen molar-refractivity contribution in [2.24, 2.45) is 0 Å². The van der Waals surface area contributed by atoms with Gasteiger partial charge < -0.3 is 10.4 Å². The number of rotatable bonds is 4. The largest absolute Gasteiger partial charge is 0.479 e. The molecule has 5 heteroatoms. The monoisotopic (exact) mass is 284 g/mol. The topological polar surface area (TPSA) is 62.2 Å². The third-order valence-corrected chi connectivity index (χ3v) is 3.90. The number of hydrogen-bond donors (Lipinski definition) is 2. The van der Waals surface area contributed by atoms with Crippen LogP contribution in [0.1, 0.15) is 10.9 Å². The minimum atomic E-state index is -0.914. The second-order valence-electron chi connectivity index (χ2n) is 4.32. The molecular weight excluding hydrogens is 272 g/mol. The Kier molecular flexibility index (Phi) is 3.35. The zero-order valence-corrected chi connectivity index (χ0v) is 11.3. The first kappa shape index (κ1) is 12.6. The summed E-state index contributed by atoms with van der Waals surface area (Å²) in [6.45, 7) is 0. The van der Waals surface area contributed by atoms with Crippen molar-refractivity contribution in [3.63, 3.8) is 0 Å². The quantitative estimate of drug-likeness (QED) is 0.769. The van der Waals surface area contributed by atoms with Crippen molar-refractivity contribution in [1.82, 2.24) is 4.98 Å². The van der Waals surface area contributed by atoms with Crippen LogP contribution in [0.2, 0.25) is 0 Å². The average Bonchev–Trinajstić information content (AvgIpc) is 2.98. The van der Waals surface area contributed by atoms with Crippen LogP contribution in [0.3, 0.4) is 0 Å². The lowest BCUT2D eigenvalue weighted by Crippen LogP contribution is -2.19. The van der Waals surface area contributed by atoms with Gasteiger partial charge >= 0.3 is 5.97 Å². The van der Waals surface area contributed by atoms with E-state index < -0.39 is 12.0 Å². The molecule has 0 aliphatic rings. The predicted octanol–water partition coefficient (Wildman–Crippen LogP) is 3.53. The number of thiophene rings is 1. The molecule has 1 unspecified atom stereocenters. The highest BCUT2D eigenvalue weighted by molar-refractivity contribution is 7.10. The highest BCUT2D eigenvalue weighted by atomic mass is 32.1. The molecule has 20 heavy (non-hydrogen) atoms. The summed E-state index contributed by atoms with van der Waals surface area (Å²) in [7, 11) is 0. The normalized spacial score (nSPS) is 12.2. The molecule has 0 spiro atoms. The van der Waals surface area contributed by atoms with Gasteiger partial charge in [0, 0.05) is 10.3 Å². The van der Waals surface area contributed by atoms with Gasteiger partial charge in [-0.3, -0.25) is 0 Å². The Hall–Kier alpha value is -2.40. The van der Waals surface area contributed by atoms with E-state index in [1.54, 1.807) is 12.1 Å². The van der Waals surface area contributed by atoms with Crippen LogP contribution in [-0.4, -0.2) is 16.1 Å². The molecule has 2 N–H and O–H groups in total. The van der Waals surface area contributed by atoms with Gasteiger partial charge in [0.2, 0.25) is 0 Å². The van der Waals surface area contributed by atoms with Gasteiger partial charge in [-0.2, -0.15) is 0 Å². The molecule has 0 saturated heterocycles. The van der Waals surface area contributed by atoms with E-state index in [1.165, 1.54) is 11.3 Å². The lowest BCUT2D eigenvalue weighted by molar-refractivity contribution is -0.138. The molecule has 2 aromatic heterocycles. The molecular formula is C15H12N2O2S. The van der Waals surface area contributed by atoms with Gasteiger partial charge in [-0.05, 0) is 29.6 Å². The van der Waals surface area contributed by atoms with E-state index in [-0.39, 0.29) is 0 Å². The van der Waals surface area contributed by atoms with E-state index >= 15 is 0 Å². The summed E-state index contributed by atoms with van der Waals surface area (Å²) >= 11 is 1.41. The predicted molar refractivity (Wildman–Crippen MR) is 80.1 cm³/mol. The lowest BCUT2D eigenvalue weighted by Gasteiger charge is -2.13. The Morgan fingerprint density at radius 2 is 2.00 bits per heavy atom. The fourth-order valence-electron chi connectivity index (χ4n) is 2.00. The van der Waals surface area contributed by atoms with Gasteiger partial charge in [0.25, 0.3) is 0 Å². The van der Waals surface area contributed by atoms with Crippen LogP contribution in [-0.2, 0) is 4.79 Å². The summed E-state index contributed by atoms with van der Waals surface area (Å²) < 4.78 is 0. The van der Waals surface area contributed by atoms with Gasteiger partial charge in [0.1, 0.15) is 5.82 Å². The van der Waals surface area contributed by atoms with Crippen LogP contribution in [0.15, 0.2) is 53.9 Å². The van der Waals surface area contributed by atoms with Crippen LogP contribution in [0.25, 0.3) is 10.9 Å². The van der Waals surface area contributed by atoms with E-state index in [4.69, 9.17) is 0 Å². The van der Waals surface area contributed by atoms with Gasteiger partial charge in [0.15, 0.2) is 6.04 Å². The van der Waals surface area contributed by atoms with Crippen LogP contribution < -0.4 is 5.32 Å². The molecule has 1 aromatic carbocycles. The summed E-state index contributed by atoms with van der Waals surface area (Å²) in [4.78, 5) is 16.6. The molecule has 0 bridgehead atoms. The van der Waals surface area contributed by atoms with Crippen LogP contribution in [0.5, 0.6) is 0 Å². The first-order valence-corrected chi connectivity index (χ1v) is 7.00. The Labute approximate surface area is 119 Å². The number of para-hydroxylation sites is 1. The average molecular weight is 284 g/mol. The number of nitrogens with zero attached hydrogens (tertiary/aromatic N) is 1. The molecule has 0 aliphatic heterocycles. The van der Waals surface area contributed by atoms with Crippen LogP contribution >= 0.6 is 11.3 Å². The highest BCUT2D eigenvalue weighted by Gasteiger charge is 2.20. The first-order chi connectivity index (χ1) is 9.74. The molecule has 2 heterocycles. The minimum absolute atomic E-state index is 0.560. The van der Waals surface area contributed by atoms with Gasteiger partial charge in [-0.25, -0.2) is 9.78 Å². The zero-order chi connectivity index (χ0) is 13.9. The van der Waals surface area contributed by atoms with E-state index in [0.717, 1.165) is 15.8 Å². The standard InChI is InChI=1S/C15H12N2O2S/c18-15(19)14(12-6-3-9-20-12)17-13-8-7-10-4-1-2-5-11(10)16-13/h1-9,14H,(H,16,17)(H,18,19). The van der Waals surface area contributed by atoms with E-state index in [1.807, 2.05) is 41.8 Å². The number of pyridine rings is 1. The molecule has 3 rings (SSSR count). The number of carboxylic acids is 1. The second kappa shape index (κ2) is 5.30. The SMILES string of the molecule is O=C(O)C(Nc1ccc2ccccc2n1)c1cccs1. The van der Waals surface area contributed by atoms with Gasteiger partial charge in [0.05, 0.1) is 5.52 Å². The maximum Gasteiger partial charge on any atom is 0.331 e. The maximum atomic E-state index is 11.4. The fraction of sp³-hybridized carbons (Fsp3) is 0.0667. The van der Waals surface area contributed by atoms with Crippen molar-refractivity contribution in [3.05, 3.63) is 58.8 Å². The van der Waals surface area contributed by atoms with Gasteiger partial charge in [-0.15, -0.1) is 11.3 Å². The van der Waals surface area contributed by atoms with Crippen molar-refractivity contribution in [3.8, 4) is 0 Å². The Morgan fingerprint density at radius 3 is 2.75 bits per heavy atom. The molecule has 0 radical (unpaired) electrons. The summed E-state index contributed by atoms with van der Waals surface area (Å²) in [6.07, 6.45) is 0. The maximum absolute atomic E-state index is 11.4. The minimum Gasteiger partial charge on any atom is -0.479 e. The zero-order valence-electron chi connectivity index (χ0n) is 10.5. The Morgan fingerprint density at radius 1 is 1.15 bits per heavy atom. The van der Waals surface area contributed by atoms with E-state index in [2.05, 4.69) is 10.3 Å². The molecule has 0 saturated carbocycles. The molecule has 4 nitrogen and oxygen atoms in total. The van der Waals surface area contributed by atoms with Crippen molar-refractivity contribution < 1.29 is 9.90 Å². The summed E-state index contributed by atoms with van der Waals surface area (Å²) in [5.74, 6) is -0.355. The summed E-state index contributed by atoms with van der Waals surface area (Å²) in [5, 5.41) is 15.2. The van der Waals surface area contributed by atoms with Gasteiger partial charge in [-0.1, -0.05) is 24.3 Å². The number of benzene rings is 1. The summed E-state index contributed by atoms with van der Waals surface area (Å²) in [5.41, 5.74) is 0.841. The fourth-order valence-corrected chi connectivity index (χ4v) is 2.77. The Bertz CT molecular complexity index is 740. The number of aliphatic carboxylic acids is 1. The smallest absolute Gasteiger partial charge is 0.331 e. The Balaban J connectivity index is 1.92. The second-order valence-corrected chi connectivity index (χ2v) is 5.30. The molecule has 1 atom stereocenters. The molecule has 3 aromatic rings.